The first-order valence-electron chi connectivity index (χ1n) is 4.73. The van der Waals surface area contributed by atoms with E-state index in [0.717, 1.165) is 11.4 Å². The summed E-state index contributed by atoms with van der Waals surface area (Å²) in [6, 6.07) is 0. The molecule has 0 aliphatic rings. The third kappa shape index (κ3) is 2.37. The van der Waals surface area contributed by atoms with Crippen LogP contribution in [0.4, 0.5) is 5.82 Å². The smallest absolute Gasteiger partial charge is 0.256 e. The third-order valence-electron chi connectivity index (χ3n) is 2.02. The maximum absolute atomic E-state index is 11.6. The summed E-state index contributed by atoms with van der Waals surface area (Å²) >= 11 is 1.57. The number of nitrogen functional groups attached to an aromatic ring is 1. The molecule has 2 aromatic rings. The van der Waals surface area contributed by atoms with Crippen LogP contribution in [-0.2, 0) is 6.42 Å². The van der Waals surface area contributed by atoms with E-state index in [1.807, 2.05) is 5.38 Å². The molecule has 4 N–H and O–H groups in total. The quantitative estimate of drug-likeness (QED) is 0.718. The second kappa shape index (κ2) is 4.75. The fourth-order valence-corrected chi connectivity index (χ4v) is 1.85. The Balaban J connectivity index is 1.83. The fraction of sp³-hybridized carbons (Fsp3) is 0.222. The van der Waals surface area contributed by atoms with E-state index in [9.17, 15) is 4.79 Å². The van der Waals surface area contributed by atoms with Gasteiger partial charge in [0, 0.05) is 24.5 Å². The van der Waals surface area contributed by atoms with Gasteiger partial charge in [-0.25, -0.2) is 4.98 Å². The van der Waals surface area contributed by atoms with Gasteiger partial charge in [-0.3, -0.25) is 9.89 Å². The average Bonchev–Trinajstić information content (AvgIpc) is 2.88. The largest absolute Gasteiger partial charge is 0.383 e. The Hall–Kier alpha value is -1.89. The Bertz CT molecular complexity index is 464. The normalized spacial score (nSPS) is 10.2. The van der Waals surface area contributed by atoms with E-state index in [-0.39, 0.29) is 11.7 Å². The number of hydrogen-bond donors (Lipinski definition) is 3. The molecule has 0 fully saturated rings. The summed E-state index contributed by atoms with van der Waals surface area (Å²) in [6.45, 7) is 0.539. The monoisotopic (exact) mass is 237 g/mol. The van der Waals surface area contributed by atoms with E-state index >= 15 is 0 Å². The van der Waals surface area contributed by atoms with Crippen LogP contribution in [0.5, 0.6) is 0 Å². The van der Waals surface area contributed by atoms with Gasteiger partial charge >= 0.3 is 0 Å². The van der Waals surface area contributed by atoms with E-state index in [1.54, 1.807) is 17.5 Å². The van der Waals surface area contributed by atoms with Crippen molar-refractivity contribution in [1.82, 2.24) is 20.5 Å². The van der Waals surface area contributed by atoms with E-state index in [2.05, 4.69) is 20.5 Å². The molecule has 0 bridgehead atoms. The Morgan fingerprint density at radius 3 is 3.12 bits per heavy atom. The maximum atomic E-state index is 11.6. The molecule has 16 heavy (non-hydrogen) atoms. The van der Waals surface area contributed by atoms with Crippen molar-refractivity contribution in [2.75, 3.05) is 12.3 Å². The first kappa shape index (κ1) is 10.6. The van der Waals surface area contributed by atoms with Crippen LogP contribution in [0.3, 0.4) is 0 Å². The Morgan fingerprint density at radius 1 is 1.62 bits per heavy atom. The van der Waals surface area contributed by atoms with Crippen LogP contribution in [0.25, 0.3) is 0 Å². The molecule has 0 aliphatic heterocycles. The topological polar surface area (TPSA) is 96.7 Å². The predicted octanol–water partition coefficient (Wildman–Crippen LogP) is 0.421. The molecule has 1 amide bonds. The van der Waals surface area contributed by atoms with Crippen molar-refractivity contribution < 1.29 is 4.79 Å². The summed E-state index contributed by atoms with van der Waals surface area (Å²) in [6.07, 6.45) is 3.88. The zero-order chi connectivity index (χ0) is 11.4. The Morgan fingerprint density at radius 2 is 2.50 bits per heavy atom. The molecule has 6 nitrogen and oxygen atoms in total. The van der Waals surface area contributed by atoms with E-state index in [1.165, 1.54) is 6.20 Å². The first-order chi connectivity index (χ1) is 7.77. The number of nitrogens with one attached hydrogen (secondary N) is 2. The van der Waals surface area contributed by atoms with Gasteiger partial charge < -0.3 is 11.1 Å². The summed E-state index contributed by atoms with van der Waals surface area (Å²) in [4.78, 5) is 15.7. The molecule has 0 spiro atoms. The minimum atomic E-state index is -0.220. The molecule has 0 aliphatic carbocycles. The standard InChI is InChI=1S/C9H11N5OS/c10-8-6(5-13-14-8)9(15)12-2-1-7-11-3-4-16-7/h3-5H,1-2H2,(H,12,15)(H3,10,13,14). The molecule has 7 heteroatoms. The number of aromatic nitrogens is 3. The summed E-state index contributed by atoms with van der Waals surface area (Å²) < 4.78 is 0. The lowest BCUT2D eigenvalue weighted by Gasteiger charge is -2.02. The number of nitrogens with two attached hydrogens (primary N) is 1. The van der Waals surface area contributed by atoms with Gasteiger partial charge in [-0.1, -0.05) is 0 Å². The summed E-state index contributed by atoms with van der Waals surface area (Å²) in [5, 5.41) is 11.9. The SMILES string of the molecule is Nc1[nH]ncc1C(=O)NCCc1nccs1. The predicted molar refractivity (Wildman–Crippen MR) is 61.2 cm³/mol. The lowest BCUT2D eigenvalue weighted by Crippen LogP contribution is -2.26. The molecule has 0 unspecified atom stereocenters. The molecular formula is C9H11N5OS. The zero-order valence-corrected chi connectivity index (χ0v) is 9.25. The van der Waals surface area contributed by atoms with Gasteiger partial charge in [-0.05, 0) is 0 Å². The lowest BCUT2D eigenvalue weighted by atomic mass is 10.3. The molecule has 2 rings (SSSR count). The van der Waals surface area contributed by atoms with Crippen LogP contribution < -0.4 is 11.1 Å². The highest BCUT2D eigenvalue weighted by Crippen LogP contribution is 2.06. The molecule has 0 aromatic carbocycles. The molecule has 0 radical (unpaired) electrons. The molecule has 2 heterocycles. The highest BCUT2D eigenvalue weighted by atomic mass is 32.1. The van der Waals surface area contributed by atoms with Crippen molar-refractivity contribution in [2.45, 2.75) is 6.42 Å². The molecule has 84 valence electrons. The first-order valence-corrected chi connectivity index (χ1v) is 5.61. The number of thiazole rings is 1. The fourth-order valence-electron chi connectivity index (χ4n) is 1.23. The van der Waals surface area contributed by atoms with Crippen LogP contribution in [0.15, 0.2) is 17.8 Å². The number of H-pyrrole nitrogens is 1. The number of carbonyl (C=O) groups excluding carboxylic acids is 1. The molecule has 0 atom stereocenters. The van der Waals surface area contributed by atoms with E-state index in [4.69, 9.17) is 5.73 Å². The number of amides is 1. The van der Waals surface area contributed by atoms with E-state index < -0.39 is 0 Å². The van der Waals surface area contributed by atoms with Crippen molar-refractivity contribution in [2.24, 2.45) is 0 Å². The molecular weight excluding hydrogens is 226 g/mol. The van der Waals surface area contributed by atoms with Crippen LogP contribution in [-0.4, -0.2) is 27.6 Å². The summed E-state index contributed by atoms with van der Waals surface area (Å²) in [5.41, 5.74) is 5.89. The van der Waals surface area contributed by atoms with Crippen molar-refractivity contribution in [1.29, 1.82) is 0 Å². The van der Waals surface area contributed by atoms with Crippen molar-refractivity contribution in [3.63, 3.8) is 0 Å². The number of aromatic amines is 1. The molecule has 0 saturated heterocycles. The molecule has 0 saturated carbocycles. The number of nitrogens with zero attached hydrogens (tertiary/aromatic N) is 2. The second-order valence-electron chi connectivity index (χ2n) is 3.13. The van der Waals surface area contributed by atoms with Gasteiger partial charge in [-0.2, -0.15) is 5.10 Å². The Labute approximate surface area is 95.9 Å². The van der Waals surface area contributed by atoms with E-state index in [0.29, 0.717) is 12.1 Å². The number of carbonyl (C=O) groups is 1. The lowest BCUT2D eigenvalue weighted by molar-refractivity contribution is 0.0955. The third-order valence-corrected chi connectivity index (χ3v) is 2.86. The minimum Gasteiger partial charge on any atom is -0.383 e. The van der Waals surface area contributed by atoms with Gasteiger partial charge in [0.1, 0.15) is 11.4 Å². The molecule has 2 aromatic heterocycles. The number of hydrogen-bond acceptors (Lipinski definition) is 5. The zero-order valence-electron chi connectivity index (χ0n) is 8.43. The number of anilines is 1. The average molecular weight is 237 g/mol. The van der Waals surface area contributed by atoms with Crippen LogP contribution in [0.1, 0.15) is 15.4 Å². The van der Waals surface area contributed by atoms with Crippen molar-refractivity contribution in [3.05, 3.63) is 28.3 Å². The summed E-state index contributed by atoms with van der Waals surface area (Å²) in [7, 11) is 0. The second-order valence-corrected chi connectivity index (χ2v) is 4.11. The van der Waals surface area contributed by atoms with Gasteiger partial charge in [0.15, 0.2) is 0 Å². The van der Waals surface area contributed by atoms with Crippen molar-refractivity contribution >= 4 is 23.1 Å². The minimum absolute atomic E-state index is 0.220. The van der Waals surface area contributed by atoms with Crippen molar-refractivity contribution in [3.8, 4) is 0 Å². The van der Waals surface area contributed by atoms with Crippen LogP contribution in [0.2, 0.25) is 0 Å². The highest BCUT2D eigenvalue weighted by Gasteiger charge is 2.10. The van der Waals surface area contributed by atoms with Crippen LogP contribution in [0, 0.1) is 0 Å². The maximum Gasteiger partial charge on any atom is 0.256 e. The van der Waals surface area contributed by atoms with Gasteiger partial charge in [0.2, 0.25) is 0 Å². The van der Waals surface area contributed by atoms with Gasteiger partial charge in [0.05, 0.1) is 11.2 Å². The highest BCUT2D eigenvalue weighted by molar-refractivity contribution is 7.09. The Kier molecular flexibility index (Phi) is 3.16. The van der Waals surface area contributed by atoms with Gasteiger partial charge in [-0.15, -0.1) is 11.3 Å². The van der Waals surface area contributed by atoms with Crippen LogP contribution >= 0.6 is 11.3 Å². The number of rotatable bonds is 4. The van der Waals surface area contributed by atoms with Gasteiger partial charge in [0.25, 0.3) is 5.91 Å². The summed E-state index contributed by atoms with van der Waals surface area (Å²) in [5.74, 6) is 0.0644.